The van der Waals surface area contributed by atoms with Crippen LogP contribution in [0.5, 0.6) is 5.75 Å². The molecule has 0 saturated heterocycles. The van der Waals surface area contributed by atoms with Gasteiger partial charge in [-0.1, -0.05) is 26.1 Å². The first-order valence-corrected chi connectivity index (χ1v) is 7.74. The molecule has 1 aromatic carbocycles. The number of nitrogens with one attached hydrogen (secondary N) is 1. The number of thiocarbonyl (C=S) groups is 1. The minimum Gasteiger partial charge on any atom is -0.491 e. The van der Waals surface area contributed by atoms with Gasteiger partial charge in [-0.3, -0.25) is 0 Å². The Kier molecular flexibility index (Phi) is 7.55. The number of rotatable bonds is 8. The van der Waals surface area contributed by atoms with E-state index in [9.17, 15) is 0 Å². The van der Waals surface area contributed by atoms with Crippen molar-refractivity contribution in [1.29, 1.82) is 0 Å². The van der Waals surface area contributed by atoms with E-state index in [1.165, 1.54) is 0 Å². The SMILES string of the molecule is CCN(CC)CCNC(=S)c1ccc(OC(C)C)cc1. The Balaban J connectivity index is 2.43. The fraction of sp³-hybridized carbons (Fsp3) is 0.562. The van der Waals surface area contributed by atoms with Crippen LogP contribution in [0.4, 0.5) is 0 Å². The standard InChI is InChI=1S/C16H26N2OS/c1-5-18(6-2)12-11-17-16(20)14-7-9-15(10-8-14)19-13(3)4/h7-10,13H,5-6,11-12H2,1-4H3,(H,17,20). The highest BCUT2D eigenvalue weighted by atomic mass is 32.1. The first-order chi connectivity index (χ1) is 9.56. The topological polar surface area (TPSA) is 24.5 Å². The van der Waals surface area contributed by atoms with E-state index in [0.717, 1.165) is 42.5 Å². The molecule has 0 spiro atoms. The van der Waals surface area contributed by atoms with Crippen molar-refractivity contribution in [3.05, 3.63) is 29.8 Å². The van der Waals surface area contributed by atoms with Crippen LogP contribution in [0.2, 0.25) is 0 Å². The van der Waals surface area contributed by atoms with Crippen molar-refractivity contribution in [2.45, 2.75) is 33.8 Å². The molecule has 0 aromatic heterocycles. The fourth-order valence-corrected chi connectivity index (χ4v) is 2.16. The van der Waals surface area contributed by atoms with Gasteiger partial charge in [-0.05, 0) is 51.2 Å². The van der Waals surface area contributed by atoms with Crippen LogP contribution < -0.4 is 10.1 Å². The lowest BCUT2D eigenvalue weighted by atomic mass is 10.2. The van der Waals surface area contributed by atoms with Crippen molar-refractivity contribution < 1.29 is 4.74 Å². The van der Waals surface area contributed by atoms with Gasteiger partial charge >= 0.3 is 0 Å². The number of hydrogen-bond donors (Lipinski definition) is 1. The smallest absolute Gasteiger partial charge is 0.119 e. The first-order valence-electron chi connectivity index (χ1n) is 7.34. The van der Waals surface area contributed by atoms with Gasteiger partial charge in [0.25, 0.3) is 0 Å². The lowest BCUT2D eigenvalue weighted by Gasteiger charge is -2.18. The highest BCUT2D eigenvalue weighted by molar-refractivity contribution is 7.80. The number of ether oxygens (including phenoxy) is 1. The van der Waals surface area contributed by atoms with E-state index in [2.05, 4.69) is 24.1 Å². The third-order valence-corrected chi connectivity index (χ3v) is 3.48. The number of benzene rings is 1. The summed E-state index contributed by atoms with van der Waals surface area (Å²) in [6.45, 7) is 12.4. The fourth-order valence-electron chi connectivity index (χ4n) is 1.93. The summed E-state index contributed by atoms with van der Waals surface area (Å²) in [5, 5.41) is 3.31. The summed E-state index contributed by atoms with van der Waals surface area (Å²) in [5.74, 6) is 0.884. The predicted octanol–water partition coefficient (Wildman–Crippen LogP) is 3.08. The summed E-state index contributed by atoms with van der Waals surface area (Å²) in [6.07, 6.45) is 0.194. The Morgan fingerprint density at radius 1 is 1.20 bits per heavy atom. The average molecular weight is 294 g/mol. The van der Waals surface area contributed by atoms with Crippen LogP contribution in [-0.4, -0.2) is 42.2 Å². The molecule has 4 heteroatoms. The molecule has 0 aliphatic heterocycles. The lowest BCUT2D eigenvalue weighted by Crippen LogP contribution is -2.34. The zero-order valence-corrected chi connectivity index (χ0v) is 13.8. The molecule has 0 heterocycles. The van der Waals surface area contributed by atoms with Crippen molar-refractivity contribution >= 4 is 17.2 Å². The maximum Gasteiger partial charge on any atom is 0.119 e. The lowest BCUT2D eigenvalue weighted by molar-refractivity contribution is 0.242. The quantitative estimate of drug-likeness (QED) is 0.745. The van der Waals surface area contributed by atoms with E-state index < -0.39 is 0 Å². The molecule has 0 atom stereocenters. The van der Waals surface area contributed by atoms with Crippen molar-refractivity contribution in [2.24, 2.45) is 0 Å². The van der Waals surface area contributed by atoms with Gasteiger partial charge < -0.3 is 15.0 Å². The summed E-state index contributed by atoms with van der Waals surface area (Å²) in [5.41, 5.74) is 1.04. The van der Waals surface area contributed by atoms with Crippen LogP contribution in [0, 0.1) is 0 Å². The van der Waals surface area contributed by atoms with Crippen molar-refractivity contribution in [2.75, 3.05) is 26.2 Å². The molecule has 0 aliphatic carbocycles. The third kappa shape index (κ3) is 5.88. The normalized spacial score (nSPS) is 10.9. The van der Waals surface area contributed by atoms with E-state index in [-0.39, 0.29) is 6.10 Å². The van der Waals surface area contributed by atoms with Gasteiger partial charge in [-0.25, -0.2) is 0 Å². The molecule has 1 rings (SSSR count). The van der Waals surface area contributed by atoms with Crippen LogP contribution in [0.3, 0.4) is 0 Å². The molecule has 0 radical (unpaired) electrons. The van der Waals surface area contributed by atoms with E-state index in [1.807, 2.05) is 38.1 Å². The zero-order chi connectivity index (χ0) is 15.0. The highest BCUT2D eigenvalue weighted by Crippen LogP contribution is 2.14. The molecule has 20 heavy (non-hydrogen) atoms. The first kappa shape index (κ1) is 16.9. The van der Waals surface area contributed by atoms with Crippen molar-refractivity contribution in [3.63, 3.8) is 0 Å². The van der Waals surface area contributed by atoms with Crippen LogP contribution in [0.15, 0.2) is 24.3 Å². The molecule has 3 nitrogen and oxygen atoms in total. The second-order valence-electron chi connectivity index (χ2n) is 4.97. The Morgan fingerprint density at radius 3 is 2.30 bits per heavy atom. The summed E-state index contributed by atoms with van der Waals surface area (Å²) >= 11 is 5.41. The minimum atomic E-state index is 0.194. The molecule has 0 fully saturated rings. The van der Waals surface area contributed by atoms with Gasteiger partial charge in [-0.2, -0.15) is 0 Å². The molecule has 0 amide bonds. The summed E-state index contributed by atoms with van der Waals surface area (Å²) < 4.78 is 5.62. The van der Waals surface area contributed by atoms with Gasteiger partial charge in [0.1, 0.15) is 10.7 Å². The van der Waals surface area contributed by atoms with Crippen LogP contribution >= 0.6 is 12.2 Å². The molecule has 1 aromatic rings. The third-order valence-electron chi connectivity index (χ3n) is 3.10. The molecular weight excluding hydrogens is 268 g/mol. The second-order valence-corrected chi connectivity index (χ2v) is 5.38. The molecule has 0 bridgehead atoms. The molecule has 0 unspecified atom stereocenters. The highest BCUT2D eigenvalue weighted by Gasteiger charge is 2.03. The van der Waals surface area contributed by atoms with Crippen molar-refractivity contribution in [1.82, 2.24) is 10.2 Å². The minimum absolute atomic E-state index is 0.194. The average Bonchev–Trinajstić information content (AvgIpc) is 2.43. The molecule has 1 N–H and O–H groups in total. The van der Waals surface area contributed by atoms with Crippen LogP contribution in [-0.2, 0) is 0 Å². The van der Waals surface area contributed by atoms with Gasteiger partial charge in [0, 0.05) is 18.7 Å². The van der Waals surface area contributed by atoms with Gasteiger partial charge in [0.05, 0.1) is 6.10 Å². The van der Waals surface area contributed by atoms with Crippen LogP contribution in [0.1, 0.15) is 33.3 Å². The number of hydrogen-bond acceptors (Lipinski definition) is 3. The van der Waals surface area contributed by atoms with Gasteiger partial charge in [0.15, 0.2) is 0 Å². The Bertz CT molecular complexity index is 399. The van der Waals surface area contributed by atoms with Gasteiger partial charge in [0.2, 0.25) is 0 Å². The maximum absolute atomic E-state index is 5.62. The molecular formula is C16H26N2OS. The van der Waals surface area contributed by atoms with Gasteiger partial charge in [-0.15, -0.1) is 0 Å². The van der Waals surface area contributed by atoms with E-state index in [4.69, 9.17) is 17.0 Å². The number of likely N-dealkylation sites (N-methyl/N-ethyl adjacent to an activating group) is 1. The van der Waals surface area contributed by atoms with E-state index in [1.54, 1.807) is 0 Å². The largest absolute Gasteiger partial charge is 0.491 e. The molecule has 0 aliphatic rings. The van der Waals surface area contributed by atoms with E-state index in [0.29, 0.717) is 0 Å². The van der Waals surface area contributed by atoms with E-state index >= 15 is 0 Å². The Labute approximate surface area is 128 Å². The summed E-state index contributed by atoms with van der Waals surface area (Å²) in [6, 6.07) is 7.94. The number of nitrogens with zero attached hydrogens (tertiary/aromatic N) is 1. The molecule has 112 valence electrons. The Hall–Kier alpha value is -1.13. The predicted molar refractivity (Wildman–Crippen MR) is 89.7 cm³/mol. The maximum atomic E-state index is 5.62. The zero-order valence-electron chi connectivity index (χ0n) is 13.0. The van der Waals surface area contributed by atoms with Crippen LogP contribution in [0.25, 0.3) is 0 Å². The van der Waals surface area contributed by atoms with Crippen molar-refractivity contribution in [3.8, 4) is 5.75 Å². The monoisotopic (exact) mass is 294 g/mol. The summed E-state index contributed by atoms with van der Waals surface area (Å²) in [4.78, 5) is 3.17. The molecule has 0 saturated carbocycles. The summed E-state index contributed by atoms with van der Waals surface area (Å²) in [7, 11) is 0. The Morgan fingerprint density at radius 2 is 1.80 bits per heavy atom. The second kappa shape index (κ2) is 8.93.